The standard InChI is InChI=1S/C35H40N4O3S/c1-4-38-23-30(39(22-24(2)3)32(26-11-7-5-8-12-26)27-13-9-6-10-14-27)20-29(38)21-36-33(40)28-17-15-25(16-18-28)19-31-34(41)37-35(42)43-31/h5-19,24,29-30,32H,4,20-23H2,1-3H3,(H,36,40)(H,37,41,42)/b31-19-/t29-,30+/m0/s1. The van der Waals surface area contributed by atoms with Crippen molar-refractivity contribution in [3.05, 3.63) is 112 Å². The first kappa shape index (κ1) is 30.7. The lowest BCUT2D eigenvalue weighted by Crippen LogP contribution is -2.42. The molecule has 224 valence electrons. The fraction of sp³-hybridized carbons (Fsp3) is 0.343. The smallest absolute Gasteiger partial charge is 0.290 e. The van der Waals surface area contributed by atoms with E-state index in [0.29, 0.717) is 29.0 Å². The Kier molecular flexibility index (Phi) is 10.1. The molecule has 2 aliphatic rings. The number of nitrogens with zero attached hydrogens (tertiary/aromatic N) is 2. The minimum Gasteiger partial charge on any atom is -0.350 e. The Morgan fingerprint density at radius 2 is 1.63 bits per heavy atom. The van der Waals surface area contributed by atoms with Crippen molar-refractivity contribution in [1.82, 2.24) is 20.4 Å². The zero-order valence-electron chi connectivity index (χ0n) is 25.0. The van der Waals surface area contributed by atoms with Gasteiger partial charge in [0.1, 0.15) is 0 Å². The van der Waals surface area contributed by atoms with Gasteiger partial charge in [0.05, 0.1) is 10.9 Å². The number of carbonyl (C=O) groups is 3. The third-order valence-electron chi connectivity index (χ3n) is 8.13. The van der Waals surface area contributed by atoms with E-state index >= 15 is 0 Å². The maximum atomic E-state index is 13.1. The molecule has 2 N–H and O–H groups in total. The second kappa shape index (κ2) is 14.2. The summed E-state index contributed by atoms with van der Waals surface area (Å²) in [4.78, 5) is 41.9. The van der Waals surface area contributed by atoms with E-state index < -0.39 is 5.91 Å². The Labute approximate surface area is 258 Å². The van der Waals surface area contributed by atoms with Crippen LogP contribution in [0.3, 0.4) is 0 Å². The summed E-state index contributed by atoms with van der Waals surface area (Å²) in [5.41, 5.74) is 3.92. The van der Waals surface area contributed by atoms with E-state index in [4.69, 9.17) is 0 Å². The predicted molar refractivity (Wildman–Crippen MR) is 174 cm³/mol. The van der Waals surface area contributed by atoms with Gasteiger partial charge in [0.2, 0.25) is 0 Å². The molecule has 2 fully saturated rings. The molecule has 0 bridgehead atoms. The molecular formula is C35H40N4O3S. The predicted octanol–water partition coefficient (Wildman–Crippen LogP) is 5.95. The number of likely N-dealkylation sites (N-methyl/N-ethyl adjacent to an activating group) is 1. The fourth-order valence-corrected chi connectivity index (χ4v) is 6.83. The largest absolute Gasteiger partial charge is 0.350 e. The number of nitrogens with one attached hydrogen (secondary N) is 2. The summed E-state index contributed by atoms with van der Waals surface area (Å²) >= 11 is 0.882. The van der Waals surface area contributed by atoms with Gasteiger partial charge in [0.25, 0.3) is 17.1 Å². The van der Waals surface area contributed by atoms with Crippen LogP contribution in [0.25, 0.3) is 6.08 Å². The van der Waals surface area contributed by atoms with Gasteiger partial charge in [0, 0.05) is 37.3 Å². The van der Waals surface area contributed by atoms with E-state index in [2.05, 4.69) is 102 Å². The molecular weight excluding hydrogens is 556 g/mol. The molecule has 3 amide bonds. The van der Waals surface area contributed by atoms with Crippen molar-refractivity contribution in [3.63, 3.8) is 0 Å². The van der Waals surface area contributed by atoms with Crippen molar-refractivity contribution in [2.24, 2.45) is 5.92 Å². The van der Waals surface area contributed by atoms with E-state index in [1.54, 1.807) is 30.3 Å². The van der Waals surface area contributed by atoms with Crippen LogP contribution >= 0.6 is 11.8 Å². The van der Waals surface area contributed by atoms with Gasteiger partial charge in [-0.1, -0.05) is 93.6 Å². The molecule has 0 aromatic heterocycles. The van der Waals surface area contributed by atoms with E-state index in [9.17, 15) is 14.4 Å². The van der Waals surface area contributed by atoms with Crippen LogP contribution in [0.2, 0.25) is 0 Å². The van der Waals surface area contributed by atoms with E-state index in [0.717, 1.165) is 43.4 Å². The number of imide groups is 1. The van der Waals surface area contributed by atoms with Crippen molar-refractivity contribution in [1.29, 1.82) is 0 Å². The first-order chi connectivity index (χ1) is 20.8. The number of likely N-dealkylation sites (tertiary alicyclic amines) is 1. The summed E-state index contributed by atoms with van der Waals surface area (Å²) in [6, 6.07) is 29.4. The van der Waals surface area contributed by atoms with Crippen molar-refractivity contribution < 1.29 is 14.4 Å². The highest BCUT2D eigenvalue weighted by molar-refractivity contribution is 8.18. The van der Waals surface area contributed by atoms with Gasteiger partial charge in [-0.2, -0.15) is 0 Å². The van der Waals surface area contributed by atoms with Crippen molar-refractivity contribution in [2.45, 2.75) is 45.3 Å². The van der Waals surface area contributed by atoms with Crippen LogP contribution < -0.4 is 10.6 Å². The summed E-state index contributed by atoms with van der Waals surface area (Å²) in [5.74, 6) is -0.00478. The molecule has 0 unspecified atom stereocenters. The number of thioether (sulfide) groups is 1. The quantitative estimate of drug-likeness (QED) is 0.266. The summed E-state index contributed by atoms with van der Waals surface area (Å²) in [5, 5.41) is 5.06. The first-order valence-corrected chi connectivity index (χ1v) is 15.9. The molecule has 3 aromatic carbocycles. The molecule has 0 spiro atoms. The summed E-state index contributed by atoms with van der Waals surface area (Å²) in [6.07, 6.45) is 2.63. The average Bonchev–Trinajstić information content (AvgIpc) is 3.58. The van der Waals surface area contributed by atoms with E-state index in [1.807, 2.05) is 0 Å². The maximum absolute atomic E-state index is 13.1. The zero-order chi connectivity index (χ0) is 30.3. The highest BCUT2D eigenvalue weighted by atomic mass is 32.2. The van der Waals surface area contributed by atoms with Crippen LogP contribution in [0.15, 0.2) is 89.8 Å². The van der Waals surface area contributed by atoms with E-state index in [-0.39, 0.29) is 23.2 Å². The van der Waals surface area contributed by atoms with Crippen LogP contribution in [-0.4, -0.2) is 65.1 Å². The Hall–Kier alpha value is -3.72. The molecule has 0 saturated carbocycles. The second-order valence-electron chi connectivity index (χ2n) is 11.6. The maximum Gasteiger partial charge on any atom is 0.290 e. The average molecular weight is 597 g/mol. The van der Waals surface area contributed by atoms with Crippen LogP contribution in [0, 0.1) is 5.92 Å². The Morgan fingerprint density at radius 1 is 1.00 bits per heavy atom. The number of hydrogen-bond acceptors (Lipinski definition) is 6. The topological polar surface area (TPSA) is 81.8 Å². The number of amides is 3. The number of carbonyl (C=O) groups excluding carboxylic acids is 3. The van der Waals surface area contributed by atoms with Crippen LogP contribution in [0.1, 0.15) is 60.3 Å². The number of rotatable bonds is 11. The third kappa shape index (κ3) is 7.63. The zero-order valence-corrected chi connectivity index (χ0v) is 25.8. The first-order valence-electron chi connectivity index (χ1n) is 15.0. The summed E-state index contributed by atoms with van der Waals surface area (Å²) in [7, 11) is 0. The molecule has 2 saturated heterocycles. The molecule has 2 atom stereocenters. The Bertz CT molecular complexity index is 1400. The van der Waals surface area contributed by atoms with Gasteiger partial charge >= 0.3 is 0 Å². The molecule has 0 aliphatic carbocycles. The van der Waals surface area contributed by atoms with Crippen molar-refractivity contribution >= 4 is 34.9 Å². The molecule has 5 rings (SSSR count). The van der Waals surface area contributed by atoms with Crippen molar-refractivity contribution in [2.75, 3.05) is 26.2 Å². The Balaban J connectivity index is 1.28. The molecule has 2 aliphatic heterocycles. The van der Waals surface area contributed by atoms with Crippen molar-refractivity contribution in [3.8, 4) is 0 Å². The minimum atomic E-state index is -0.391. The van der Waals surface area contributed by atoms with Crippen LogP contribution in [0.4, 0.5) is 4.79 Å². The van der Waals surface area contributed by atoms with Gasteiger partial charge in [-0.15, -0.1) is 0 Å². The fourth-order valence-electron chi connectivity index (χ4n) is 6.15. The summed E-state index contributed by atoms with van der Waals surface area (Å²) in [6.45, 7) is 10.2. The number of benzene rings is 3. The van der Waals surface area contributed by atoms with Gasteiger partial charge in [-0.25, -0.2) is 0 Å². The van der Waals surface area contributed by atoms with E-state index in [1.165, 1.54) is 11.1 Å². The SMILES string of the molecule is CCN1C[C@H](N(CC(C)C)C(c2ccccc2)c2ccccc2)C[C@H]1CNC(=O)c1ccc(/C=C2\SC(=O)NC2=O)cc1. The molecule has 8 heteroatoms. The molecule has 2 heterocycles. The molecule has 0 radical (unpaired) electrons. The van der Waals surface area contributed by atoms with Gasteiger partial charge in [0.15, 0.2) is 0 Å². The highest BCUT2D eigenvalue weighted by Crippen LogP contribution is 2.35. The molecule has 3 aromatic rings. The lowest BCUT2D eigenvalue weighted by Gasteiger charge is -2.38. The lowest BCUT2D eigenvalue weighted by molar-refractivity contribution is -0.115. The number of hydrogen-bond donors (Lipinski definition) is 2. The normalized spacial score (nSPS) is 20.0. The molecule has 43 heavy (non-hydrogen) atoms. The van der Waals surface area contributed by atoms with Gasteiger partial charge in [-0.3, -0.25) is 29.5 Å². The van der Waals surface area contributed by atoms with Gasteiger partial charge in [-0.05, 0) is 65.5 Å². The third-order valence-corrected chi connectivity index (χ3v) is 8.94. The summed E-state index contributed by atoms with van der Waals surface area (Å²) < 4.78 is 0. The second-order valence-corrected chi connectivity index (χ2v) is 12.6. The monoisotopic (exact) mass is 596 g/mol. The van der Waals surface area contributed by atoms with Gasteiger partial charge < -0.3 is 5.32 Å². The van der Waals surface area contributed by atoms with Crippen LogP contribution in [-0.2, 0) is 4.79 Å². The highest BCUT2D eigenvalue weighted by Gasteiger charge is 2.38. The lowest BCUT2D eigenvalue weighted by atomic mass is 9.94. The Morgan fingerprint density at radius 3 is 2.16 bits per heavy atom. The minimum absolute atomic E-state index is 0.118. The molecule has 7 nitrogen and oxygen atoms in total. The van der Waals surface area contributed by atoms with Crippen LogP contribution in [0.5, 0.6) is 0 Å².